The van der Waals surface area contributed by atoms with E-state index in [9.17, 15) is 0 Å². The number of nitrogens with one attached hydrogen (secondary N) is 1. The molecule has 1 N–H and O–H groups in total. The summed E-state index contributed by atoms with van der Waals surface area (Å²) < 4.78 is 8.29. The Morgan fingerprint density at radius 2 is 2.05 bits per heavy atom. The second-order valence-corrected chi connectivity index (χ2v) is 8.71. The maximum Gasteiger partial charge on any atom is 0.134 e. The van der Waals surface area contributed by atoms with Gasteiger partial charge in [0.2, 0.25) is 0 Å². The smallest absolute Gasteiger partial charge is 0.134 e. The molecule has 2 heterocycles. The summed E-state index contributed by atoms with van der Waals surface area (Å²) in [6.45, 7) is 5.08. The van der Waals surface area contributed by atoms with Crippen molar-refractivity contribution >= 4 is 54.2 Å². The van der Waals surface area contributed by atoms with E-state index in [0.717, 1.165) is 30.8 Å². The van der Waals surface area contributed by atoms with Gasteiger partial charge in [-0.25, -0.2) is 0 Å². The zero-order valence-corrected chi connectivity index (χ0v) is 15.7. The predicted molar refractivity (Wildman–Crippen MR) is 96.2 cm³/mol. The third kappa shape index (κ3) is 3.11. The maximum atomic E-state index is 6.06. The molecule has 110 valence electrons. The Kier molecular flexibility index (Phi) is 4.54. The molecule has 1 unspecified atom stereocenters. The minimum atomic E-state index is 0.0552. The molecule has 0 saturated carbocycles. The molecule has 2 nitrogen and oxygen atoms in total. The lowest BCUT2D eigenvalue weighted by atomic mass is 10.1. The van der Waals surface area contributed by atoms with E-state index in [1.807, 2.05) is 6.07 Å². The third-order valence-electron chi connectivity index (χ3n) is 3.38. The van der Waals surface area contributed by atoms with Crippen LogP contribution in [0.15, 0.2) is 42.3 Å². The molecule has 0 bridgehead atoms. The first kappa shape index (κ1) is 15.3. The quantitative estimate of drug-likeness (QED) is 0.548. The van der Waals surface area contributed by atoms with E-state index in [1.165, 1.54) is 11.1 Å². The van der Waals surface area contributed by atoms with Crippen molar-refractivity contribution in [3.63, 3.8) is 0 Å². The molecule has 1 aromatic carbocycles. The van der Waals surface area contributed by atoms with Crippen LogP contribution in [0.4, 0.5) is 0 Å². The van der Waals surface area contributed by atoms with Crippen LogP contribution in [0.2, 0.25) is 0 Å². The number of rotatable bonds is 4. The van der Waals surface area contributed by atoms with Crippen LogP contribution in [0.25, 0.3) is 11.0 Å². The number of hydrogen-bond donors (Lipinski definition) is 1. The number of furan rings is 1. The van der Waals surface area contributed by atoms with Gasteiger partial charge in [-0.05, 0) is 69.6 Å². The number of fused-ring (bicyclic) bond motifs is 1. The van der Waals surface area contributed by atoms with E-state index in [-0.39, 0.29) is 6.04 Å². The standard InChI is InChI=1S/C16H15Br2NOS/c1-3-19-15(11-8-14(17)21-16(11)18)13-7-10-6-9(2)4-5-12(10)20-13/h4-8,15,19H,3H2,1-2H3. The minimum Gasteiger partial charge on any atom is -0.459 e. The summed E-state index contributed by atoms with van der Waals surface area (Å²) in [7, 11) is 0. The average Bonchev–Trinajstić information content (AvgIpc) is 2.98. The van der Waals surface area contributed by atoms with Gasteiger partial charge in [0, 0.05) is 10.9 Å². The van der Waals surface area contributed by atoms with E-state index >= 15 is 0 Å². The van der Waals surface area contributed by atoms with Crippen molar-refractivity contribution in [3.8, 4) is 0 Å². The van der Waals surface area contributed by atoms with Crippen molar-refractivity contribution in [2.45, 2.75) is 19.9 Å². The maximum absolute atomic E-state index is 6.06. The summed E-state index contributed by atoms with van der Waals surface area (Å²) in [5.41, 5.74) is 3.38. The zero-order valence-electron chi connectivity index (χ0n) is 11.7. The summed E-state index contributed by atoms with van der Waals surface area (Å²) in [5, 5.41) is 4.66. The fourth-order valence-electron chi connectivity index (χ4n) is 2.44. The topological polar surface area (TPSA) is 25.2 Å². The first-order chi connectivity index (χ1) is 10.1. The van der Waals surface area contributed by atoms with Gasteiger partial charge >= 0.3 is 0 Å². The highest BCUT2D eigenvalue weighted by atomic mass is 79.9. The highest BCUT2D eigenvalue weighted by Gasteiger charge is 2.22. The van der Waals surface area contributed by atoms with Crippen molar-refractivity contribution < 1.29 is 4.42 Å². The fourth-order valence-corrected chi connectivity index (χ4v) is 5.35. The van der Waals surface area contributed by atoms with Gasteiger partial charge in [-0.1, -0.05) is 18.6 Å². The molecule has 3 rings (SSSR count). The van der Waals surface area contributed by atoms with Crippen LogP contribution in [0.3, 0.4) is 0 Å². The number of hydrogen-bond acceptors (Lipinski definition) is 3. The largest absolute Gasteiger partial charge is 0.459 e. The second kappa shape index (κ2) is 6.24. The van der Waals surface area contributed by atoms with Crippen molar-refractivity contribution in [2.24, 2.45) is 0 Å². The summed E-state index contributed by atoms with van der Waals surface area (Å²) in [6, 6.07) is 10.6. The van der Waals surface area contributed by atoms with Crippen LogP contribution in [0.1, 0.15) is 29.9 Å². The molecular formula is C16H15Br2NOS. The SMILES string of the molecule is CCNC(c1cc2cc(C)ccc2o1)c1cc(Br)sc1Br. The first-order valence-electron chi connectivity index (χ1n) is 6.76. The molecule has 0 amide bonds. The van der Waals surface area contributed by atoms with Gasteiger partial charge in [-0.15, -0.1) is 11.3 Å². The van der Waals surface area contributed by atoms with Gasteiger partial charge < -0.3 is 9.73 Å². The lowest BCUT2D eigenvalue weighted by Crippen LogP contribution is -2.21. The predicted octanol–water partition coefficient (Wildman–Crippen LogP) is 6.03. The molecule has 0 saturated heterocycles. The Bertz CT molecular complexity index is 778. The van der Waals surface area contributed by atoms with E-state index < -0.39 is 0 Å². The van der Waals surface area contributed by atoms with Crippen LogP contribution in [0.5, 0.6) is 0 Å². The number of thiophene rings is 1. The first-order valence-corrected chi connectivity index (χ1v) is 9.17. The van der Waals surface area contributed by atoms with E-state index in [0.29, 0.717) is 0 Å². The highest BCUT2D eigenvalue weighted by Crippen LogP contribution is 2.39. The van der Waals surface area contributed by atoms with Crippen molar-refractivity contribution in [1.82, 2.24) is 5.32 Å². The highest BCUT2D eigenvalue weighted by molar-refractivity contribution is 9.12. The molecule has 2 aromatic heterocycles. The summed E-state index contributed by atoms with van der Waals surface area (Å²) in [5.74, 6) is 0.948. The molecule has 0 spiro atoms. The van der Waals surface area contributed by atoms with Gasteiger partial charge in [-0.3, -0.25) is 0 Å². The number of benzene rings is 1. The van der Waals surface area contributed by atoms with Crippen LogP contribution in [-0.4, -0.2) is 6.54 Å². The van der Waals surface area contributed by atoms with Gasteiger partial charge in [0.25, 0.3) is 0 Å². The van der Waals surface area contributed by atoms with Crippen molar-refractivity contribution in [1.29, 1.82) is 0 Å². The lowest BCUT2D eigenvalue weighted by molar-refractivity contribution is 0.477. The molecule has 1 atom stereocenters. The van der Waals surface area contributed by atoms with Crippen LogP contribution in [0, 0.1) is 6.92 Å². The molecule has 0 radical (unpaired) electrons. The number of aryl methyl sites for hydroxylation is 1. The Morgan fingerprint density at radius 3 is 2.71 bits per heavy atom. The molecule has 0 aliphatic carbocycles. The second-order valence-electron chi connectivity index (χ2n) is 4.96. The molecule has 3 aromatic rings. The molecule has 0 fully saturated rings. The van der Waals surface area contributed by atoms with Gasteiger partial charge in [0.1, 0.15) is 11.3 Å². The van der Waals surface area contributed by atoms with Gasteiger partial charge in [0.05, 0.1) is 13.6 Å². The lowest BCUT2D eigenvalue weighted by Gasteiger charge is -2.14. The Balaban J connectivity index is 2.08. The Morgan fingerprint density at radius 1 is 1.24 bits per heavy atom. The Hall–Kier alpha value is -0.620. The van der Waals surface area contributed by atoms with Crippen molar-refractivity contribution in [3.05, 3.63) is 54.8 Å². The summed E-state index contributed by atoms with van der Waals surface area (Å²) in [6.07, 6.45) is 0. The van der Waals surface area contributed by atoms with Gasteiger partial charge in [-0.2, -0.15) is 0 Å². The molecule has 21 heavy (non-hydrogen) atoms. The van der Waals surface area contributed by atoms with Crippen LogP contribution in [-0.2, 0) is 0 Å². The van der Waals surface area contributed by atoms with E-state index in [1.54, 1.807) is 11.3 Å². The molecule has 0 aliphatic heterocycles. The summed E-state index contributed by atoms with van der Waals surface area (Å²) in [4.78, 5) is 0. The monoisotopic (exact) mass is 427 g/mol. The third-order valence-corrected chi connectivity index (χ3v) is 5.76. The Labute approximate surface area is 144 Å². The van der Waals surface area contributed by atoms with Crippen LogP contribution < -0.4 is 5.32 Å². The average molecular weight is 429 g/mol. The molecule has 0 aliphatic rings. The zero-order chi connectivity index (χ0) is 15.0. The van der Waals surface area contributed by atoms with Crippen LogP contribution >= 0.6 is 43.2 Å². The fraction of sp³-hybridized carbons (Fsp3) is 0.250. The van der Waals surface area contributed by atoms with Crippen molar-refractivity contribution in [2.75, 3.05) is 6.54 Å². The van der Waals surface area contributed by atoms with E-state index in [4.69, 9.17) is 4.42 Å². The molecule has 5 heteroatoms. The van der Waals surface area contributed by atoms with Gasteiger partial charge in [0.15, 0.2) is 0 Å². The van der Waals surface area contributed by atoms with E-state index in [2.05, 4.69) is 75.3 Å². The minimum absolute atomic E-state index is 0.0552. The summed E-state index contributed by atoms with van der Waals surface area (Å²) >= 11 is 8.88. The normalized spacial score (nSPS) is 13.0. The number of halogens is 2. The molecular weight excluding hydrogens is 414 g/mol.